The molecule has 0 atom stereocenters. The molecule has 0 aromatic heterocycles. The van der Waals surface area contributed by atoms with Crippen LogP contribution in [0.5, 0.6) is 0 Å². The van der Waals surface area contributed by atoms with E-state index in [2.05, 4.69) is 5.32 Å². The molecular weight excluding hydrogens is 262 g/mol. The van der Waals surface area contributed by atoms with E-state index in [-0.39, 0.29) is 37.5 Å². The molecule has 0 saturated heterocycles. The second-order valence-electron chi connectivity index (χ2n) is 5.64. The number of amides is 1. The van der Waals surface area contributed by atoms with Gasteiger partial charge in [0.05, 0.1) is 0 Å². The molecule has 0 heterocycles. The van der Waals surface area contributed by atoms with E-state index in [9.17, 15) is 13.6 Å². The molecule has 0 radical (unpaired) electrons. The fourth-order valence-electron chi connectivity index (χ4n) is 2.54. The molecular formula is C15H20F2N2O. The third-order valence-electron chi connectivity index (χ3n) is 3.96. The number of benzene rings is 1. The SMILES string of the molecule is Cc1cc(C)c(NC(=O)C2CCC(F)(F)CC2)cc1N. The Morgan fingerprint density at radius 1 is 1.25 bits per heavy atom. The Kier molecular flexibility index (Phi) is 3.97. The monoisotopic (exact) mass is 282 g/mol. The van der Waals surface area contributed by atoms with E-state index in [1.807, 2.05) is 19.9 Å². The summed E-state index contributed by atoms with van der Waals surface area (Å²) in [5.74, 6) is -3.13. The molecule has 0 spiro atoms. The van der Waals surface area contributed by atoms with Gasteiger partial charge < -0.3 is 11.1 Å². The summed E-state index contributed by atoms with van der Waals surface area (Å²) >= 11 is 0. The Hall–Kier alpha value is -1.65. The Bertz CT molecular complexity index is 519. The van der Waals surface area contributed by atoms with Gasteiger partial charge in [0.1, 0.15) is 0 Å². The van der Waals surface area contributed by atoms with E-state index in [4.69, 9.17) is 5.73 Å². The summed E-state index contributed by atoms with van der Waals surface area (Å²) in [6.45, 7) is 3.79. The Morgan fingerprint density at radius 2 is 1.85 bits per heavy atom. The predicted molar refractivity (Wildman–Crippen MR) is 75.9 cm³/mol. The summed E-state index contributed by atoms with van der Waals surface area (Å²) in [6, 6.07) is 3.62. The molecule has 1 fully saturated rings. The molecule has 0 unspecified atom stereocenters. The average Bonchev–Trinajstić information content (AvgIpc) is 2.35. The van der Waals surface area contributed by atoms with Crippen molar-refractivity contribution < 1.29 is 13.6 Å². The lowest BCUT2D eigenvalue weighted by Crippen LogP contribution is -2.32. The summed E-state index contributed by atoms with van der Waals surface area (Å²) in [5, 5.41) is 2.81. The largest absolute Gasteiger partial charge is 0.398 e. The fraction of sp³-hybridized carbons (Fsp3) is 0.533. The third kappa shape index (κ3) is 3.26. The highest BCUT2D eigenvalue weighted by Gasteiger charge is 2.37. The van der Waals surface area contributed by atoms with E-state index >= 15 is 0 Å². The molecule has 20 heavy (non-hydrogen) atoms. The van der Waals surface area contributed by atoms with E-state index in [1.165, 1.54) is 0 Å². The number of nitrogens with one attached hydrogen (secondary N) is 1. The van der Waals surface area contributed by atoms with Gasteiger partial charge in [0.25, 0.3) is 0 Å². The van der Waals surface area contributed by atoms with Gasteiger partial charge in [-0.05, 0) is 43.9 Å². The van der Waals surface area contributed by atoms with Crippen LogP contribution in [0.2, 0.25) is 0 Å². The van der Waals surface area contributed by atoms with Crippen LogP contribution in [0.1, 0.15) is 36.8 Å². The van der Waals surface area contributed by atoms with Gasteiger partial charge in [0, 0.05) is 30.1 Å². The predicted octanol–water partition coefficient (Wildman–Crippen LogP) is 3.65. The summed E-state index contributed by atoms with van der Waals surface area (Å²) in [7, 11) is 0. The Labute approximate surface area is 117 Å². The number of anilines is 2. The maximum atomic E-state index is 13.1. The van der Waals surface area contributed by atoms with Crippen molar-refractivity contribution in [2.75, 3.05) is 11.1 Å². The average molecular weight is 282 g/mol. The van der Waals surface area contributed by atoms with Crippen molar-refractivity contribution in [1.29, 1.82) is 0 Å². The minimum Gasteiger partial charge on any atom is -0.398 e. The first-order valence-corrected chi connectivity index (χ1v) is 6.84. The van der Waals surface area contributed by atoms with Gasteiger partial charge in [-0.2, -0.15) is 0 Å². The lowest BCUT2D eigenvalue weighted by atomic mass is 9.86. The number of aryl methyl sites for hydroxylation is 2. The van der Waals surface area contributed by atoms with Crippen LogP contribution in [-0.2, 0) is 4.79 Å². The van der Waals surface area contributed by atoms with Gasteiger partial charge >= 0.3 is 0 Å². The lowest BCUT2D eigenvalue weighted by Gasteiger charge is -2.27. The van der Waals surface area contributed by atoms with E-state index in [0.717, 1.165) is 11.1 Å². The van der Waals surface area contributed by atoms with Crippen LogP contribution in [0.25, 0.3) is 0 Å². The summed E-state index contributed by atoms with van der Waals surface area (Å²) in [4.78, 5) is 12.1. The molecule has 0 aliphatic heterocycles. The van der Waals surface area contributed by atoms with Crippen LogP contribution in [0.3, 0.4) is 0 Å². The van der Waals surface area contributed by atoms with Crippen molar-refractivity contribution in [1.82, 2.24) is 0 Å². The van der Waals surface area contributed by atoms with Crippen LogP contribution in [0.4, 0.5) is 20.2 Å². The molecule has 2 rings (SSSR count). The topological polar surface area (TPSA) is 55.1 Å². The third-order valence-corrected chi connectivity index (χ3v) is 3.96. The quantitative estimate of drug-likeness (QED) is 0.813. The molecule has 0 bridgehead atoms. The maximum Gasteiger partial charge on any atom is 0.248 e. The molecule has 1 saturated carbocycles. The van der Waals surface area contributed by atoms with Gasteiger partial charge in [-0.3, -0.25) is 4.79 Å². The fourth-order valence-corrected chi connectivity index (χ4v) is 2.54. The van der Waals surface area contributed by atoms with Gasteiger partial charge in [-0.25, -0.2) is 8.78 Å². The van der Waals surface area contributed by atoms with Crippen molar-refractivity contribution in [2.45, 2.75) is 45.5 Å². The number of nitrogen functional groups attached to an aromatic ring is 1. The highest BCUT2D eigenvalue weighted by atomic mass is 19.3. The smallest absolute Gasteiger partial charge is 0.248 e. The van der Waals surface area contributed by atoms with Gasteiger partial charge in [-0.1, -0.05) is 6.07 Å². The molecule has 110 valence electrons. The van der Waals surface area contributed by atoms with Gasteiger partial charge in [0.2, 0.25) is 11.8 Å². The van der Waals surface area contributed by atoms with Crippen molar-refractivity contribution in [3.63, 3.8) is 0 Å². The molecule has 3 N–H and O–H groups in total. The van der Waals surface area contributed by atoms with Gasteiger partial charge in [-0.15, -0.1) is 0 Å². The highest BCUT2D eigenvalue weighted by molar-refractivity contribution is 5.94. The molecule has 1 aromatic rings. The number of hydrogen-bond donors (Lipinski definition) is 2. The first-order valence-electron chi connectivity index (χ1n) is 6.84. The maximum absolute atomic E-state index is 13.1. The number of nitrogens with two attached hydrogens (primary N) is 1. The van der Waals surface area contributed by atoms with E-state index in [1.54, 1.807) is 6.07 Å². The zero-order valence-electron chi connectivity index (χ0n) is 11.8. The first-order chi connectivity index (χ1) is 9.28. The summed E-state index contributed by atoms with van der Waals surface area (Å²) in [6.07, 6.45) is 0.0542. The standard InChI is InChI=1S/C15H20F2N2O/c1-9-7-10(2)13(8-12(9)18)19-14(20)11-3-5-15(16,17)6-4-11/h7-8,11H,3-6,18H2,1-2H3,(H,19,20). The van der Waals surface area contributed by atoms with Crippen molar-refractivity contribution in [2.24, 2.45) is 5.92 Å². The molecule has 3 nitrogen and oxygen atoms in total. The summed E-state index contributed by atoms with van der Waals surface area (Å²) < 4.78 is 26.2. The van der Waals surface area contributed by atoms with Crippen LogP contribution in [-0.4, -0.2) is 11.8 Å². The minimum absolute atomic E-state index is 0.188. The number of rotatable bonds is 2. The number of halogens is 2. The molecule has 1 aliphatic rings. The minimum atomic E-state index is -2.61. The van der Waals surface area contributed by atoms with E-state index in [0.29, 0.717) is 11.4 Å². The first kappa shape index (κ1) is 14.8. The molecule has 1 aliphatic carbocycles. The normalized spacial score (nSPS) is 18.8. The zero-order valence-corrected chi connectivity index (χ0v) is 11.8. The second-order valence-corrected chi connectivity index (χ2v) is 5.64. The number of carbonyl (C=O) groups excluding carboxylic acids is 1. The number of alkyl halides is 2. The van der Waals surface area contributed by atoms with Crippen LogP contribution in [0, 0.1) is 19.8 Å². The van der Waals surface area contributed by atoms with Crippen LogP contribution >= 0.6 is 0 Å². The number of carbonyl (C=O) groups is 1. The Morgan fingerprint density at radius 3 is 2.45 bits per heavy atom. The zero-order chi connectivity index (χ0) is 14.9. The van der Waals surface area contributed by atoms with Crippen LogP contribution in [0.15, 0.2) is 12.1 Å². The second kappa shape index (κ2) is 5.38. The van der Waals surface area contributed by atoms with Crippen LogP contribution < -0.4 is 11.1 Å². The van der Waals surface area contributed by atoms with E-state index < -0.39 is 5.92 Å². The van der Waals surface area contributed by atoms with Crippen molar-refractivity contribution in [3.8, 4) is 0 Å². The van der Waals surface area contributed by atoms with Gasteiger partial charge in [0.15, 0.2) is 0 Å². The summed E-state index contributed by atoms with van der Waals surface area (Å²) in [5.41, 5.74) is 8.98. The van der Waals surface area contributed by atoms with Crippen molar-refractivity contribution in [3.05, 3.63) is 23.3 Å². The molecule has 5 heteroatoms. The lowest BCUT2D eigenvalue weighted by molar-refractivity contribution is -0.124. The number of hydrogen-bond acceptors (Lipinski definition) is 2. The molecule has 1 aromatic carbocycles. The molecule has 1 amide bonds. The Balaban J connectivity index is 2.04. The highest BCUT2D eigenvalue weighted by Crippen LogP contribution is 2.36. The van der Waals surface area contributed by atoms with Crippen molar-refractivity contribution >= 4 is 17.3 Å².